The van der Waals surface area contributed by atoms with Crippen molar-refractivity contribution in [3.05, 3.63) is 35.9 Å². The van der Waals surface area contributed by atoms with E-state index in [9.17, 15) is 13.2 Å². The zero-order valence-electron chi connectivity index (χ0n) is 12.8. The normalized spacial score (nSPS) is 22.4. The van der Waals surface area contributed by atoms with Gasteiger partial charge < -0.3 is 9.64 Å². The van der Waals surface area contributed by atoms with Gasteiger partial charge in [0, 0.05) is 6.04 Å². The summed E-state index contributed by atoms with van der Waals surface area (Å²) in [6.07, 6.45) is 1.36. The van der Waals surface area contributed by atoms with Crippen molar-refractivity contribution in [1.29, 1.82) is 0 Å². The molecule has 0 aromatic heterocycles. The van der Waals surface area contributed by atoms with E-state index in [4.69, 9.17) is 8.92 Å². The maximum absolute atomic E-state index is 12.2. The van der Waals surface area contributed by atoms with Crippen LogP contribution in [0.25, 0.3) is 0 Å². The smallest absolute Gasteiger partial charge is 0.410 e. The third-order valence-electron chi connectivity index (χ3n) is 3.59. The van der Waals surface area contributed by atoms with Crippen molar-refractivity contribution in [2.45, 2.75) is 38.5 Å². The van der Waals surface area contributed by atoms with Gasteiger partial charge in [0.2, 0.25) is 0 Å². The van der Waals surface area contributed by atoms with Gasteiger partial charge in [-0.15, -0.1) is 0 Å². The van der Waals surface area contributed by atoms with Crippen LogP contribution in [0.5, 0.6) is 0 Å². The lowest BCUT2D eigenvalue weighted by Crippen LogP contribution is -2.48. The number of hydrogen-bond donors (Lipinski definition) is 0. The van der Waals surface area contributed by atoms with Crippen molar-refractivity contribution in [2.75, 3.05) is 12.8 Å². The number of nitrogens with zero attached hydrogens (tertiary/aromatic N) is 1. The third kappa shape index (κ3) is 4.99. The Morgan fingerprint density at radius 3 is 2.59 bits per heavy atom. The standard InChI is InChI=1S/C15H21NO5S/c1-12-8-9-14(21-22(2,18)19)10-16(12)15(17)20-11-13-6-4-3-5-7-13/h3-7,12,14H,8-11H2,1-2H3. The molecule has 0 aliphatic carbocycles. The second kappa shape index (κ2) is 7.11. The highest BCUT2D eigenvalue weighted by Crippen LogP contribution is 2.21. The predicted octanol–water partition coefficient (Wildman–Crippen LogP) is 2.15. The molecule has 0 N–H and O–H groups in total. The zero-order valence-corrected chi connectivity index (χ0v) is 13.6. The largest absolute Gasteiger partial charge is 0.445 e. The number of carbonyl (C=O) groups excluding carboxylic acids is 1. The summed E-state index contributed by atoms with van der Waals surface area (Å²) in [6, 6.07) is 9.41. The van der Waals surface area contributed by atoms with Crippen LogP contribution in [0.4, 0.5) is 4.79 Å². The zero-order chi connectivity index (χ0) is 16.2. The molecule has 1 amide bonds. The monoisotopic (exact) mass is 327 g/mol. The molecule has 7 heteroatoms. The Morgan fingerprint density at radius 1 is 1.27 bits per heavy atom. The van der Waals surface area contributed by atoms with Gasteiger partial charge in [0.1, 0.15) is 6.61 Å². The van der Waals surface area contributed by atoms with E-state index in [1.54, 1.807) is 0 Å². The van der Waals surface area contributed by atoms with Gasteiger partial charge in [0.15, 0.2) is 0 Å². The number of amides is 1. The van der Waals surface area contributed by atoms with E-state index in [1.165, 1.54) is 4.90 Å². The molecule has 1 aliphatic heterocycles. The molecule has 1 aliphatic rings. The topological polar surface area (TPSA) is 72.9 Å². The molecule has 2 unspecified atom stereocenters. The van der Waals surface area contributed by atoms with Crippen molar-refractivity contribution >= 4 is 16.2 Å². The number of piperidine rings is 1. The maximum Gasteiger partial charge on any atom is 0.410 e. The lowest BCUT2D eigenvalue weighted by Gasteiger charge is -2.36. The summed E-state index contributed by atoms with van der Waals surface area (Å²) in [7, 11) is -3.52. The number of likely N-dealkylation sites (tertiary alicyclic amines) is 1. The predicted molar refractivity (Wildman–Crippen MR) is 81.7 cm³/mol. The van der Waals surface area contributed by atoms with E-state index >= 15 is 0 Å². The molecule has 0 spiro atoms. The first-order chi connectivity index (χ1) is 10.3. The molecular weight excluding hydrogens is 306 g/mol. The average molecular weight is 327 g/mol. The summed E-state index contributed by atoms with van der Waals surface area (Å²) < 4.78 is 32.7. The molecule has 6 nitrogen and oxygen atoms in total. The second-order valence-electron chi connectivity index (χ2n) is 5.54. The molecule has 1 fully saturated rings. The van der Waals surface area contributed by atoms with Crippen molar-refractivity contribution in [1.82, 2.24) is 4.90 Å². The summed E-state index contributed by atoms with van der Waals surface area (Å²) in [6.45, 7) is 2.34. The van der Waals surface area contributed by atoms with E-state index in [2.05, 4.69) is 0 Å². The highest BCUT2D eigenvalue weighted by molar-refractivity contribution is 7.86. The van der Waals surface area contributed by atoms with Crippen LogP contribution in [0.2, 0.25) is 0 Å². The highest BCUT2D eigenvalue weighted by atomic mass is 32.2. The van der Waals surface area contributed by atoms with Gasteiger partial charge in [0.05, 0.1) is 18.9 Å². The van der Waals surface area contributed by atoms with E-state index in [1.807, 2.05) is 37.3 Å². The second-order valence-corrected chi connectivity index (χ2v) is 7.14. The Balaban J connectivity index is 1.92. The van der Waals surface area contributed by atoms with Crippen LogP contribution in [0, 0.1) is 0 Å². The van der Waals surface area contributed by atoms with Crippen LogP contribution in [-0.4, -0.2) is 44.4 Å². The summed E-state index contributed by atoms with van der Waals surface area (Å²) in [5.41, 5.74) is 0.907. The van der Waals surface area contributed by atoms with Crippen LogP contribution in [0.3, 0.4) is 0 Å². The maximum atomic E-state index is 12.2. The van der Waals surface area contributed by atoms with E-state index in [-0.39, 0.29) is 19.2 Å². The van der Waals surface area contributed by atoms with E-state index in [0.717, 1.165) is 11.8 Å². The number of ether oxygens (including phenoxy) is 1. The average Bonchev–Trinajstić information content (AvgIpc) is 2.46. The van der Waals surface area contributed by atoms with Crippen molar-refractivity contribution in [2.24, 2.45) is 0 Å². The first kappa shape index (κ1) is 16.8. The fourth-order valence-electron chi connectivity index (χ4n) is 2.46. The molecule has 0 bridgehead atoms. The van der Waals surface area contributed by atoms with Gasteiger partial charge in [-0.1, -0.05) is 30.3 Å². The molecular formula is C15H21NO5S. The SMILES string of the molecule is CC1CCC(OS(C)(=O)=O)CN1C(=O)OCc1ccccc1. The molecule has 2 atom stereocenters. The molecule has 122 valence electrons. The number of hydrogen-bond acceptors (Lipinski definition) is 5. The van der Waals surface area contributed by atoms with Crippen LogP contribution in [0.1, 0.15) is 25.3 Å². The first-order valence-corrected chi connectivity index (χ1v) is 9.02. The number of carbonyl (C=O) groups is 1. The van der Waals surface area contributed by atoms with Gasteiger partial charge >= 0.3 is 6.09 Å². The molecule has 22 heavy (non-hydrogen) atoms. The quantitative estimate of drug-likeness (QED) is 0.792. The minimum absolute atomic E-state index is 0.00248. The van der Waals surface area contributed by atoms with Gasteiger partial charge in [-0.05, 0) is 25.3 Å². The lowest BCUT2D eigenvalue weighted by atomic mass is 10.0. The van der Waals surface area contributed by atoms with E-state index in [0.29, 0.717) is 12.8 Å². The Hall–Kier alpha value is -1.60. The fourth-order valence-corrected chi connectivity index (χ4v) is 3.11. The Morgan fingerprint density at radius 2 is 1.95 bits per heavy atom. The minimum Gasteiger partial charge on any atom is -0.445 e. The molecule has 0 saturated carbocycles. The molecule has 1 heterocycles. The molecule has 1 saturated heterocycles. The molecule has 1 aromatic rings. The Labute approximate surface area is 131 Å². The van der Waals surface area contributed by atoms with Crippen molar-refractivity contribution in [3.8, 4) is 0 Å². The molecule has 1 aromatic carbocycles. The highest BCUT2D eigenvalue weighted by Gasteiger charge is 2.32. The summed E-state index contributed by atoms with van der Waals surface area (Å²) in [4.78, 5) is 13.7. The van der Waals surface area contributed by atoms with Gasteiger partial charge in [-0.2, -0.15) is 8.42 Å². The number of rotatable bonds is 4. The van der Waals surface area contributed by atoms with Gasteiger partial charge in [-0.3, -0.25) is 4.18 Å². The van der Waals surface area contributed by atoms with Crippen LogP contribution in [-0.2, 0) is 25.6 Å². The summed E-state index contributed by atoms with van der Waals surface area (Å²) in [5, 5.41) is 0. The fraction of sp³-hybridized carbons (Fsp3) is 0.533. The van der Waals surface area contributed by atoms with Gasteiger partial charge in [0.25, 0.3) is 10.1 Å². The van der Waals surface area contributed by atoms with Crippen LogP contribution in [0.15, 0.2) is 30.3 Å². The summed E-state index contributed by atoms with van der Waals surface area (Å²) >= 11 is 0. The third-order valence-corrected chi connectivity index (χ3v) is 4.21. The van der Waals surface area contributed by atoms with Crippen LogP contribution >= 0.6 is 0 Å². The van der Waals surface area contributed by atoms with Gasteiger partial charge in [-0.25, -0.2) is 4.79 Å². The Kier molecular flexibility index (Phi) is 5.42. The Bertz CT molecular complexity index is 602. The van der Waals surface area contributed by atoms with E-state index < -0.39 is 22.3 Å². The van der Waals surface area contributed by atoms with Crippen LogP contribution < -0.4 is 0 Å². The first-order valence-electron chi connectivity index (χ1n) is 7.21. The summed E-state index contributed by atoms with van der Waals surface area (Å²) in [5.74, 6) is 0. The lowest BCUT2D eigenvalue weighted by molar-refractivity contribution is 0.0360. The molecule has 2 rings (SSSR count). The molecule has 0 radical (unpaired) electrons. The van der Waals surface area contributed by atoms with Crippen molar-refractivity contribution in [3.63, 3.8) is 0 Å². The minimum atomic E-state index is -3.52. The number of benzene rings is 1. The van der Waals surface area contributed by atoms with Crippen molar-refractivity contribution < 1.29 is 22.1 Å².